The van der Waals surface area contributed by atoms with E-state index in [1.54, 1.807) is 19.2 Å². The Morgan fingerprint density at radius 1 is 0.964 bits per heavy atom. The van der Waals surface area contributed by atoms with E-state index >= 15 is 0 Å². The van der Waals surface area contributed by atoms with Gasteiger partial charge in [-0.1, -0.05) is 18.2 Å². The molecule has 4 rings (SSSR count). The normalized spacial score (nSPS) is 11.1. The molecule has 0 aliphatic rings. The van der Waals surface area contributed by atoms with Crippen molar-refractivity contribution < 1.29 is 4.74 Å². The molecular formula is C21H22N6O. The molecule has 0 bridgehead atoms. The van der Waals surface area contributed by atoms with Crippen LogP contribution in [0.4, 0.5) is 11.6 Å². The van der Waals surface area contributed by atoms with Crippen LogP contribution in [0.25, 0.3) is 22.4 Å². The summed E-state index contributed by atoms with van der Waals surface area (Å²) in [4.78, 5) is 13.5. The average molecular weight is 374 g/mol. The van der Waals surface area contributed by atoms with Crippen LogP contribution in [0.3, 0.4) is 0 Å². The maximum Gasteiger partial charge on any atom is 0.160 e. The van der Waals surface area contributed by atoms with E-state index in [0.717, 1.165) is 52.5 Å². The number of hydrogen-bond donors (Lipinski definition) is 2. The van der Waals surface area contributed by atoms with Gasteiger partial charge in [-0.25, -0.2) is 15.0 Å². The van der Waals surface area contributed by atoms with Crippen molar-refractivity contribution in [2.75, 3.05) is 18.6 Å². The third-order valence-electron chi connectivity index (χ3n) is 4.74. The summed E-state index contributed by atoms with van der Waals surface area (Å²) in [6.45, 7) is 2.74. The molecule has 7 nitrogen and oxygen atoms in total. The number of nitrogen functional groups attached to an aromatic ring is 2. The fourth-order valence-electron chi connectivity index (χ4n) is 3.41. The molecule has 0 aliphatic heterocycles. The number of nitrogens with zero attached hydrogens (tertiary/aromatic N) is 4. The first kappa shape index (κ1) is 17.8. The van der Waals surface area contributed by atoms with Crippen LogP contribution >= 0.6 is 0 Å². The molecule has 3 heterocycles. The number of ether oxygens (including phenoxy) is 1. The van der Waals surface area contributed by atoms with E-state index in [2.05, 4.69) is 20.6 Å². The van der Waals surface area contributed by atoms with Gasteiger partial charge in [-0.15, -0.1) is 0 Å². The topological polar surface area (TPSA) is 105 Å². The van der Waals surface area contributed by atoms with E-state index in [-0.39, 0.29) is 0 Å². The minimum absolute atomic E-state index is 0.373. The predicted molar refractivity (Wildman–Crippen MR) is 111 cm³/mol. The maximum atomic E-state index is 5.83. The lowest BCUT2D eigenvalue weighted by Gasteiger charge is -2.10. The zero-order valence-electron chi connectivity index (χ0n) is 15.9. The molecule has 7 heteroatoms. The fraction of sp³-hybridized carbons (Fsp3) is 0.190. The number of hydrogen-bond acceptors (Lipinski definition) is 6. The highest BCUT2D eigenvalue weighted by atomic mass is 16.5. The Morgan fingerprint density at radius 3 is 2.46 bits per heavy atom. The number of pyridine rings is 2. The number of nitrogens with two attached hydrogens (primary N) is 2. The molecule has 0 saturated carbocycles. The lowest BCUT2D eigenvalue weighted by molar-refractivity contribution is 0.408. The molecule has 1 aromatic carbocycles. The lowest BCUT2D eigenvalue weighted by Crippen LogP contribution is -2.05. The molecule has 142 valence electrons. The van der Waals surface area contributed by atoms with Gasteiger partial charge in [0.2, 0.25) is 0 Å². The summed E-state index contributed by atoms with van der Waals surface area (Å²) in [6.07, 6.45) is 0.817. The smallest absolute Gasteiger partial charge is 0.160 e. The summed E-state index contributed by atoms with van der Waals surface area (Å²) >= 11 is 0. The summed E-state index contributed by atoms with van der Waals surface area (Å²) < 4.78 is 7.59. The maximum absolute atomic E-state index is 5.83. The Kier molecular flexibility index (Phi) is 4.57. The number of aryl methyl sites for hydroxylation is 3. The van der Waals surface area contributed by atoms with Crippen molar-refractivity contribution in [2.24, 2.45) is 0 Å². The average Bonchev–Trinajstić information content (AvgIpc) is 3.00. The molecule has 0 spiro atoms. The van der Waals surface area contributed by atoms with Gasteiger partial charge in [0.15, 0.2) is 5.65 Å². The Labute approximate surface area is 163 Å². The highest BCUT2D eigenvalue weighted by Gasteiger charge is 2.12. The quantitative estimate of drug-likeness (QED) is 0.556. The number of fused-ring (bicyclic) bond motifs is 1. The predicted octanol–water partition coefficient (Wildman–Crippen LogP) is 3.22. The second-order valence-electron chi connectivity index (χ2n) is 6.62. The van der Waals surface area contributed by atoms with E-state index in [0.29, 0.717) is 11.6 Å². The van der Waals surface area contributed by atoms with Gasteiger partial charge in [0.1, 0.15) is 28.7 Å². The molecule has 0 unspecified atom stereocenters. The molecule has 0 atom stereocenters. The number of anilines is 2. The molecule has 0 fully saturated rings. The molecule has 3 aromatic heterocycles. The Bertz CT molecular complexity index is 1130. The first-order chi connectivity index (χ1) is 13.5. The SMILES string of the molecule is COc1ccccc1CCn1c(C)nc2ccc(-c3cc(N)nc(N)c3)nc21. The van der Waals surface area contributed by atoms with Gasteiger partial charge in [0.05, 0.1) is 12.8 Å². The van der Waals surface area contributed by atoms with Crippen molar-refractivity contribution in [3.63, 3.8) is 0 Å². The Balaban J connectivity index is 1.71. The second kappa shape index (κ2) is 7.19. The first-order valence-corrected chi connectivity index (χ1v) is 9.04. The van der Waals surface area contributed by atoms with Crippen molar-refractivity contribution in [3.05, 3.63) is 59.9 Å². The molecule has 0 amide bonds. The largest absolute Gasteiger partial charge is 0.496 e. The van der Waals surface area contributed by atoms with Crippen molar-refractivity contribution in [3.8, 4) is 17.0 Å². The summed E-state index contributed by atoms with van der Waals surface area (Å²) in [5, 5.41) is 0. The van der Waals surface area contributed by atoms with Gasteiger partial charge in [-0.05, 0) is 49.2 Å². The molecule has 28 heavy (non-hydrogen) atoms. The zero-order valence-corrected chi connectivity index (χ0v) is 15.9. The van der Waals surface area contributed by atoms with Gasteiger partial charge in [-0.3, -0.25) is 0 Å². The van der Waals surface area contributed by atoms with Crippen LogP contribution in [0.2, 0.25) is 0 Å². The minimum atomic E-state index is 0.373. The second-order valence-corrected chi connectivity index (χ2v) is 6.62. The van der Waals surface area contributed by atoms with Crippen LogP contribution in [0.5, 0.6) is 5.75 Å². The van der Waals surface area contributed by atoms with Crippen molar-refractivity contribution in [1.82, 2.24) is 19.5 Å². The van der Waals surface area contributed by atoms with Crippen LogP contribution in [-0.4, -0.2) is 26.6 Å². The molecule has 0 radical (unpaired) electrons. The summed E-state index contributed by atoms with van der Waals surface area (Å²) in [5.41, 5.74) is 16.1. The van der Waals surface area contributed by atoms with Gasteiger partial charge in [-0.2, -0.15) is 0 Å². The number of imidazole rings is 1. The molecule has 0 saturated heterocycles. The zero-order chi connectivity index (χ0) is 19.7. The highest BCUT2D eigenvalue weighted by molar-refractivity contribution is 5.77. The van der Waals surface area contributed by atoms with E-state index in [1.807, 2.05) is 37.3 Å². The molecular weight excluding hydrogens is 352 g/mol. The third-order valence-corrected chi connectivity index (χ3v) is 4.74. The summed E-state index contributed by atoms with van der Waals surface area (Å²) in [5.74, 6) is 2.56. The Morgan fingerprint density at radius 2 is 1.71 bits per heavy atom. The van der Waals surface area contributed by atoms with Gasteiger partial charge in [0.25, 0.3) is 0 Å². The first-order valence-electron chi connectivity index (χ1n) is 9.04. The number of aromatic nitrogens is 4. The summed E-state index contributed by atoms with van der Waals surface area (Å²) in [7, 11) is 1.69. The van der Waals surface area contributed by atoms with Crippen molar-refractivity contribution >= 4 is 22.8 Å². The van der Waals surface area contributed by atoms with Crippen LogP contribution in [0.15, 0.2) is 48.5 Å². The van der Waals surface area contributed by atoms with Gasteiger partial charge >= 0.3 is 0 Å². The molecule has 0 aliphatic carbocycles. The fourth-order valence-corrected chi connectivity index (χ4v) is 3.41. The standard InChI is InChI=1S/C21H22N6O/c1-13-24-17-8-7-16(15-11-19(22)26-20(23)12-15)25-21(17)27(13)10-9-14-5-3-4-6-18(14)28-2/h3-8,11-12H,9-10H2,1-2H3,(H4,22,23,26). The number of benzene rings is 1. The van der Waals surface area contributed by atoms with Crippen LogP contribution in [0.1, 0.15) is 11.4 Å². The van der Waals surface area contributed by atoms with Crippen LogP contribution in [-0.2, 0) is 13.0 Å². The van der Waals surface area contributed by atoms with Crippen LogP contribution in [0, 0.1) is 6.92 Å². The molecule has 4 aromatic rings. The van der Waals surface area contributed by atoms with Crippen LogP contribution < -0.4 is 16.2 Å². The third kappa shape index (κ3) is 3.34. The van der Waals surface area contributed by atoms with Crippen molar-refractivity contribution in [1.29, 1.82) is 0 Å². The van der Waals surface area contributed by atoms with Crippen molar-refractivity contribution in [2.45, 2.75) is 19.9 Å². The monoisotopic (exact) mass is 374 g/mol. The van der Waals surface area contributed by atoms with E-state index in [1.165, 1.54) is 0 Å². The lowest BCUT2D eigenvalue weighted by atomic mass is 10.1. The van der Waals surface area contributed by atoms with E-state index in [4.69, 9.17) is 21.2 Å². The summed E-state index contributed by atoms with van der Waals surface area (Å²) in [6, 6.07) is 15.5. The van der Waals surface area contributed by atoms with E-state index in [9.17, 15) is 0 Å². The van der Waals surface area contributed by atoms with E-state index < -0.39 is 0 Å². The Hall–Kier alpha value is -3.61. The number of para-hydroxylation sites is 1. The van der Waals surface area contributed by atoms with Gasteiger partial charge in [0, 0.05) is 12.1 Å². The molecule has 4 N–H and O–H groups in total. The van der Waals surface area contributed by atoms with Gasteiger partial charge < -0.3 is 20.8 Å². The minimum Gasteiger partial charge on any atom is -0.496 e. The number of methoxy groups -OCH3 is 1. The highest BCUT2D eigenvalue weighted by Crippen LogP contribution is 2.25. The number of rotatable bonds is 5.